The molecule has 0 aliphatic carbocycles. The first-order chi connectivity index (χ1) is 7.09. The van der Waals surface area contributed by atoms with E-state index < -0.39 is 0 Å². The molecule has 0 spiro atoms. The Kier molecular flexibility index (Phi) is 2.61. The summed E-state index contributed by atoms with van der Waals surface area (Å²) in [7, 11) is 0. The van der Waals surface area contributed by atoms with E-state index in [9.17, 15) is 4.79 Å². The van der Waals surface area contributed by atoms with E-state index in [1.54, 1.807) is 6.92 Å². The number of ketones is 1. The summed E-state index contributed by atoms with van der Waals surface area (Å²) in [5.74, 6) is 0.149. The minimum atomic E-state index is 0.149. The van der Waals surface area contributed by atoms with Gasteiger partial charge in [0, 0.05) is 6.42 Å². The predicted octanol–water partition coefficient (Wildman–Crippen LogP) is 2.54. The Morgan fingerprint density at radius 1 is 1.53 bits per heavy atom. The van der Waals surface area contributed by atoms with Gasteiger partial charge in [-0.3, -0.25) is 9.20 Å². The standard InChI is InChI=1S/C11H11BrN2O/c1-7(15)6-9-8(2)13-11-5-3-4-10(12)14(9)11/h3-5H,6H2,1-2H3. The lowest BCUT2D eigenvalue weighted by Crippen LogP contribution is -2.02. The van der Waals surface area contributed by atoms with E-state index in [2.05, 4.69) is 20.9 Å². The van der Waals surface area contributed by atoms with Crippen LogP contribution in [0.25, 0.3) is 5.65 Å². The van der Waals surface area contributed by atoms with Crippen LogP contribution in [0.1, 0.15) is 18.3 Å². The monoisotopic (exact) mass is 266 g/mol. The third kappa shape index (κ3) is 1.81. The lowest BCUT2D eigenvalue weighted by atomic mass is 10.2. The maximum Gasteiger partial charge on any atom is 0.138 e. The SMILES string of the molecule is CC(=O)Cc1c(C)nc2cccc(Br)n12. The number of aryl methyl sites for hydroxylation is 1. The predicted molar refractivity (Wildman–Crippen MR) is 62.0 cm³/mol. The van der Waals surface area contributed by atoms with Crippen molar-refractivity contribution in [2.75, 3.05) is 0 Å². The molecule has 0 unspecified atom stereocenters. The molecule has 0 radical (unpaired) electrons. The Balaban J connectivity index is 2.71. The number of fused-ring (bicyclic) bond motifs is 1. The Hall–Kier alpha value is -1.16. The Morgan fingerprint density at radius 2 is 2.27 bits per heavy atom. The molecular formula is C11H11BrN2O. The molecule has 0 amide bonds. The second-order valence-electron chi connectivity index (χ2n) is 3.56. The fourth-order valence-corrected chi connectivity index (χ4v) is 2.22. The molecule has 2 aromatic heterocycles. The van der Waals surface area contributed by atoms with Crippen molar-refractivity contribution < 1.29 is 4.79 Å². The zero-order valence-corrected chi connectivity index (χ0v) is 10.2. The molecule has 0 saturated heterocycles. The van der Waals surface area contributed by atoms with E-state index in [1.165, 1.54) is 0 Å². The second kappa shape index (κ2) is 3.77. The van der Waals surface area contributed by atoms with Crippen LogP contribution in [0.2, 0.25) is 0 Å². The van der Waals surface area contributed by atoms with E-state index in [0.29, 0.717) is 6.42 Å². The van der Waals surface area contributed by atoms with Gasteiger partial charge in [0.05, 0.1) is 16.0 Å². The van der Waals surface area contributed by atoms with Crippen LogP contribution in [0.5, 0.6) is 0 Å². The highest BCUT2D eigenvalue weighted by atomic mass is 79.9. The number of carbonyl (C=O) groups is 1. The number of aromatic nitrogens is 2. The largest absolute Gasteiger partial charge is 0.300 e. The first kappa shape index (κ1) is 10.4. The maximum absolute atomic E-state index is 11.2. The van der Waals surface area contributed by atoms with Gasteiger partial charge < -0.3 is 0 Å². The number of nitrogens with zero attached hydrogens (tertiary/aromatic N) is 2. The van der Waals surface area contributed by atoms with E-state index in [0.717, 1.165) is 21.6 Å². The molecule has 0 saturated carbocycles. The van der Waals surface area contributed by atoms with Crippen LogP contribution in [0, 0.1) is 6.92 Å². The smallest absolute Gasteiger partial charge is 0.138 e. The zero-order chi connectivity index (χ0) is 11.0. The second-order valence-corrected chi connectivity index (χ2v) is 4.38. The molecule has 0 N–H and O–H groups in total. The lowest BCUT2D eigenvalue weighted by Gasteiger charge is -2.02. The van der Waals surface area contributed by atoms with E-state index in [4.69, 9.17) is 0 Å². The molecule has 0 aromatic carbocycles. The van der Waals surface area contributed by atoms with Crippen LogP contribution in [-0.4, -0.2) is 15.2 Å². The molecule has 4 heteroatoms. The molecular weight excluding hydrogens is 256 g/mol. The van der Waals surface area contributed by atoms with Crippen LogP contribution < -0.4 is 0 Å². The first-order valence-electron chi connectivity index (χ1n) is 4.71. The number of Topliss-reactive ketones (excluding diaryl/α,β-unsaturated/α-hetero) is 1. The van der Waals surface area contributed by atoms with Crippen molar-refractivity contribution in [3.63, 3.8) is 0 Å². The van der Waals surface area contributed by atoms with E-state index in [-0.39, 0.29) is 5.78 Å². The molecule has 3 nitrogen and oxygen atoms in total. The Morgan fingerprint density at radius 3 is 2.93 bits per heavy atom. The summed E-state index contributed by atoms with van der Waals surface area (Å²) in [6, 6.07) is 5.81. The van der Waals surface area contributed by atoms with Crippen LogP contribution in [-0.2, 0) is 11.2 Å². The van der Waals surface area contributed by atoms with Gasteiger partial charge in [-0.05, 0) is 41.9 Å². The molecule has 2 heterocycles. The average Bonchev–Trinajstić information content (AvgIpc) is 2.43. The fourth-order valence-electron chi connectivity index (χ4n) is 1.67. The topological polar surface area (TPSA) is 34.4 Å². The molecule has 0 bridgehead atoms. The van der Waals surface area contributed by atoms with Gasteiger partial charge in [-0.15, -0.1) is 0 Å². The van der Waals surface area contributed by atoms with Gasteiger partial charge >= 0.3 is 0 Å². The van der Waals surface area contributed by atoms with Crippen molar-refractivity contribution >= 4 is 27.4 Å². The van der Waals surface area contributed by atoms with Gasteiger partial charge in [0.2, 0.25) is 0 Å². The highest BCUT2D eigenvalue weighted by Crippen LogP contribution is 2.19. The van der Waals surface area contributed by atoms with Gasteiger partial charge in [0.15, 0.2) is 0 Å². The minimum Gasteiger partial charge on any atom is -0.300 e. The van der Waals surface area contributed by atoms with Crippen molar-refractivity contribution in [2.45, 2.75) is 20.3 Å². The van der Waals surface area contributed by atoms with Gasteiger partial charge in [-0.1, -0.05) is 6.07 Å². The summed E-state index contributed by atoms with van der Waals surface area (Å²) in [4.78, 5) is 15.6. The third-order valence-electron chi connectivity index (χ3n) is 2.31. The number of rotatable bonds is 2. The molecule has 0 aliphatic rings. The van der Waals surface area contributed by atoms with Crippen molar-refractivity contribution in [1.82, 2.24) is 9.38 Å². The van der Waals surface area contributed by atoms with Gasteiger partial charge in [0.1, 0.15) is 11.4 Å². The molecule has 78 valence electrons. The number of imidazole rings is 1. The third-order valence-corrected chi connectivity index (χ3v) is 2.93. The Labute approximate surface area is 96.3 Å². The van der Waals surface area contributed by atoms with Gasteiger partial charge in [-0.2, -0.15) is 0 Å². The Bertz CT molecular complexity index is 531. The summed E-state index contributed by atoms with van der Waals surface area (Å²) >= 11 is 3.46. The first-order valence-corrected chi connectivity index (χ1v) is 5.51. The molecule has 2 rings (SSSR count). The number of halogens is 1. The molecule has 2 aromatic rings. The minimum absolute atomic E-state index is 0.149. The quantitative estimate of drug-likeness (QED) is 0.783. The summed E-state index contributed by atoms with van der Waals surface area (Å²) in [6.45, 7) is 3.52. The zero-order valence-electron chi connectivity index (χ0n) is 8.62. The van der Waals surface area contributed by atoms with Gasteiger partial charge in [-0.25, -0.2) is 4.98 Å². The van der Waals surface area contributed by atoms with Crippen LogP contribution >= 0.6 is 15.9 Å². The number of pyridine rings is 1. The average molecular weight is 267 g/mol. The molecule has 0 fully saturated rings. The van der Waals surface area contributed by atoms with Crippen molar-refractivity contribution in [2.24, 2.45) is 0 Å². The number of carbonyl (C=O) groups excluding carboxylic acids is 1. The van der Waals surface area contributed by atoms with Crippen LogP contribution in [0.15, 0.2) is 22.8 Å². The number of hydrogen-bond acceptors (Lipinski definition) is 2. The molecule has 15 heavy (non-hydrogen) atoms. The summed E-state index contributed by atoms with van der Waals surface area (Å²) in [6.07, 6.45) is 0.426. The summed E-state index contributed by atoms with van der Waals surface area (Å²) in [5.41, 5.74) is 2.75. The van der Waals surface area contributed by atoms with Crippen molar-refractivity contribution in [1.29, 1.82) is 0 Å². The maximum atomic E-state index is 11.2. The summed E-state index contributed by atoms with van der Waals surface area (Å²) in [5, 5.41) is 0. The lowest BCUT2D eigenvalue weighted by molar-refractivity contribution is -0.116. The van der Waals surface area contributed by atoms with E-state index >= 15 is 0 Å². The van der Waals surface area contributed by atoms with Gasteiger partial charge in [0.25, 0.3) is 0 Å². The summed E-state index contributed by atoms with van der Waals surface area (Å²) < 4.78 is 2.90. The van der Waals surface area contributed by atoms with Crippen LogP contribution in [0.3, 0.4) is 0 Å². The fraction of sp³-hybridized carbons (Fsp3) is 0.273. The highest BCUT2D eigenvalue weighted by Gasteiger charge is 2.11. The molecule has 0 aliphatic heterocycles. The van der Waals surface area contributed by atoms with Crippen LogP contribution in [0.4, 0.5) is 0 Å². The highest BCUT2D eigenvalue weighted by molar-refractivity contribution is 9.10. The molecule has 0 atom stereocenters. The van der Waals surface area contributed by atoms with E-state index in [1.807, 2.05) is 29.5 Å². The number of hydrogen-bond donors (Lipinski definition) is 0. The van der Waals surface area contributed by atoms with Crippen molar-refractivity contribution in [3.05, 3.63) is 34.2 Å². The normalized spacial score (nSPS) is 10.9. The van der Waals surface area contributed by atoms with Crippen molar-refractivity contribution in [3.8, 4) is 0 Å².